The second-order valence-corrected chi connectivity index (χ2v) is 10.2. The summed E-state index contributed by atoms with van der Waals surface area (Å²) in [4.78, 5) is 26.6. The summed E-state index contributed by atoms with van der Waals surface area (Å²) in [6.07, 6.45) is 6.25. The second kappa shape index (κ2) is 10.3. The summed E-state index contributed by atoms with van der Waals surface area (Å²) in [5, 5.41) is 17.8. The van der Waals surface area contributed by atoms with Gasteiger partial charge in [-0.25, -0.2) is 13.3 Å². The summed E-state index contributed by atoms with van der Waals surface area (Å²) in [6, 6.07) is 12.1. The molecule has 0 unspecified atom stereocenters. The molecule has 6 rings (SSSR count). The molecule has 3 heterocycles. The Morgan fingerprint density at radius 3 is 2.40 bits per heavy atom. The van der Waals surface area contributed by atoms with Crippen LogP contribution >= 0.6 is 0 Å². The minimum Gasteiger partial charge on any atom is -0.496 e. The fourth-order valence-electron chi connectivity index (χ4n) is 5.24. The van der Waals surface area contributed by atoms with Gasteiger partial charge in [0, 0.05) is 30.6 Å². The molecular formula is C31H26F2N6O3. The third-order valence-electron chi connectivity index (χ3n) is 7.63. The molecule has 212 valence electrons. The van der Waals surface area contributed by atoms with Crippen LogP contribution in [0.5, 0.6) is 5.75 Å². The number of amides is 2. The summed E-state index contributed by atoms with van der Waals surface area (Å²) >= 11 is 0. The van der Waals surface area contributed by atoms with Crippen molar-refractivity contribution in [3.05, 3.63) is 101 Å². The first kappa shape index (κ1) is 27.0. The van der Waals surface area contributed by atoms with Gasteiger partial charge in [-0.15, -0.1) is 0 Å². The lowest BCUT2D eigenvalue weighted by atomic mass is 9.95. The number of hydrogen-bond acceptors (Lipinski definition) is 6. The van der Waals surface area contributed by atoms with Crippen molar-refractivity contribution in [3.63, 3.8) is 0 Å². The van der Waals surface area contributed by atoms with Crippen LogP contribution in [0.3, 0.4) is 0 Å². The van der Waals surface area contributed by atoms with Crippen LogP contribution in [0.15, 0.2) is 67.1 Å². The molecule has 0 atom stereocenters. The van der Waals surface area contributed by atoms with Crippen molar-refractivity contribution in [3.8, 4) is 28.1 Å². The summed E-state index contributed by atoms with van der Waals surface area (Å²) < 4.78 is 36.9. The zero-order valence-corrected chi connectivity index (χ0v) is 23.0. The molecule has 0 aliphatic heterocycles. The molecule has 2 N–H and O–H groups in total. The van der Waals surface area contributed by atoms with E-state index in [0.717, 1.165) is 18.4 Å². The van der Waals surface area contributed by atoms with Crippen molar-refractivity contribution in [2.45, 2.75) is 25.3 Å². The first-order valence-corrected chi connectivity index (χ1v) is 13.2. The highest BCUT2D eigenvalue weighted by Gasteiger charge is 2.46. The van der Waals surface area contributed by atoms with Gasteiger partial charge in [0.1, 0.15) is 22.8 Å². The van der Waals surface area contributed by atoms with Gasteiger partial charge >= 0.3 is 0 Å². The quantitative estimate of drug-likeness (QED) is 0.291. The molecule has 0 spiro atoms. The number of aryl methyl sites for hydroxylation is 1. The van der Waals surface area contributed by atoms with Crippen molar-refractivity contribution in [1.82, 2.24) is 30.4 Å². The second-order valence-electron chi connectivity index (χ2n) is 10.2. The number of carbonyl (C=O) groups excluding carboxylic acids is 2. The molecule has 3 aromatic heterocycles. The molecule has 11 heteroatoms. The van der Waals surface area contributed by atoms with Crippen LogP contribution < -0.4 is 15.4 Å². The number of methoxy groups -OCH3 is 1. The molecule has 0 radical (unpaired) electrons. The van der Waals surface area contributed by atoms with Crippen LogP contribution in [0, 0.1) is 18.6 Å². The number of nitrogens with zero attached hydrogens (tertiary/aromatic N) is 4. The predicted molar refractivity (Wildman–Crippen MR) is 151 cm³/mol. The van der Waals surface area contributed by atoms with Gasteiger partial charge in [-0.2, -0.15) is 15.3 Å². The van der Waals surface area contributed by atoms with Crippen molar-refractivity contribution in [1.29, 1.82) is 0 Å². The maximum atomic E-state index is 16.5. The zero-order chi connectivity index (χ0) is 29.6. The van der Waals surface area contributed by atoms with E-state index in [0.29, 0.717) is 22.4 Å². The predicted octanol–water partition coefficient (Wildman–Crippen LogP) is 4.83. The number of rotatable bonds is 7. The Hall–Kier alpha value is -5.19. The lowest BCUT2D eigenvalue weighted by Crippen LogP contribution is -2.35. The lowest BCUT2D eigenvalue weighted by Gasteiger charge is -2.20. The molecule has 0 bridgehead atoms. The topological polar surface area (TPSA) is 111 Å². The van der Waals surface area contributed by atoms with Gasteiger partial charge in [0.2, 0.25) is 0 Å². The Balaban J connectivity index is 1.47. The summed E-state index contributed by atoms with van der Waals surface area (Å²) in [5.41, 5.74) is 2.44. The number of aromatic nitrogens is 4. The number of carbonyl (C=O) groups is 2. The van der Waals surface area contributed by atoms with E-state index < -0.39 is 23.1 Å². The summed E-state index contributed by atoms with van der Waals surface area (Å²) in [6.45, 7) is 1.79. The van der Waals surface area contributed by atoms with Gasteiger partial charge < -0.3 is 15.4 Å². The highest BCUT2D eigenvalue weighted by molar-refractivity contribution is 6.07. The number of pyridine rings is 1. The van der Waals surface area contributed by atoms with Gasteiger partial charge in [0.05, 0.1) is 30.0 Å². The molecule has 1 fully saturated rings. The number of nitrogens with one attached hydrogen (secondary N) is 2. The highest BCUT2D eigenvalue weighted by Crippen LogP contribution is 2.46. The average Bonchev–Trinajstić information content (AvgIpc) is 3.68. The smallest absolute Gasteiger partial charge is 0.255 e. The van der Waals surface area contributed by atoms with Crippen LogP contribution in [0.2, 0.25) is 0 Å². The van der Waals surface area contributed by atoms with E-state index >= 15 is 4.39 Å². The fraction of sp³-hybridized carbons (Fsp3) is 0.194. The van der Waals surface area contributed by atoms with Crippen molar-refractivity contribution < 1.29 is 23.1 Å². The Kier molecular flexibility index (Phi) is 6.64. The number of halogens is 2. The Morgan fingerprint density at radius 2 is 1.76 bits per heavy atom. The maximum Gasteiger partial charge on any atom is 0.255 e. The third kappa shape index (κ3) is 4.52. The molecular weight excluding hydrogens is 542 g/mol. The van der Waals surface area contributed by atoms with E-state index in [4.69, 9.17) is 4.74 Å². The van der Waals surface area contributed by atoms with Gasteiger partial charge in [-0.05, 0) is 85.0 Å². The fourth-order valence-corrected chi connectivity index (χ4v) is 5.24. The molecule has 2 aromatic carbocycles. The molecule has 9 nitrogen and oxygen atoms in total. The number of ether oxygens (including phenoxy) is 1. The van der Waals surface area contributed by atoms with E-state index in [2.05, 4.69) is 25.9 Å². The standard InChI is InChI=1S/C31H26F2N6O3/c1-17-14-24(42-3)23(29(40)37-31(10-11-31)19-8-12-35-36-16-19)15-22(17)21-9-13-39-28(26(21)33)25(30(41)34-2)27(38-39)18-4-6-20(32)7-5-18/h4-9,12-16H,10-11H2,1-3H3,(H,34,41)(H,37,40). The summed E-state index contributed by atoms with van der Waals surface area (Å²) in [7, 11) is 2.91. The normalized spacial score (nSPS) is 13.5. The molecule has 42 heavy (non-hydrogen) atoms. The molecule has 2 amide bonds. The Morgan fingerprint density at radius 1 is 1.00 bits per heavy atom. The van der Waals surface area contributed by atoms with Crippen LogP contribution in [0.25, 0.3) is 27.9 Å². The number of hydrogen-bond donors (Lipinski definition) is 2. The monoisotopic (exact) mass is 568 g/mol. The highest BCUT2D eigenvalue weighted by atomic mass is 19.1. The summed E-state index contributed by atoms with van der Waals surface area (Å²) in [5.74, 6) is -1.73. The lowest BCUT2D eigenvalue weighted by molar-refractivity contribution is 0.0926. The van der Waals surface area contributed by atoms with Crippen LogP contribution in [-0.2, 0) is 5.54 Å². The van der Waals surface area contributed by atoms with Crippen LogP contribution in [0.4, 0.5) is 8.78 Å². The van der Waals surface area contributed by atoms with Gasteiger partial charge in [0.25, 0.3) is 11.8 Å². The van der Waals surface area contributed by atoms with Crippen molar-refractivity contribution >= 4 is 17.3 Å². The molecule has 1 aliphatic carbocycles. The van der Waals surface area contributed by atoms with Crippen molar-refractivity contribution in [2.24, 2.45) is 0 Å². The third-order valence-corrected chi connectivity index (χ3v) is 7.63. The Labute approximate surface area is 239 Å². The van der Waals surface area contributed by atoms with E-state index in [-0.39, 0.29) is 33.8 Å². The minimum absolute atomic E-state index is 0.00854. The van der Waals surface area contributed by atoms with Gasteiger partial charge in [-0.3, -0.25) is 9.59 Å². The number of fused-ring (bicyclic) bond motifs is 1. The zero-order valence-electron chi connectivity index (χ0n) is 23.0. The van der Waals surface area contributed by atoms with Crippen LogP contribution in [-0.4, -0.2) is 45.8 Å². The SMILES string of the molecule is CNC(=O)c1c(-c2ccc(F)cc2)nn2ccc(-c3cc(C(=O)NC4(c5ccnnc5)CC4)c(OC)cc3C)c(F)c12. The molecule has 0 saturated heterocycles. The Bertz CT molecular complexity index is 1850. The molecule has 1 aliphatic rings. The largest absolute Gasteiger partial charge is 0.496 e. The van der Waals surface area contributed by atoms with E-state index in [1.165, 1.54) is 42.9 Å². The number of benzene rings is 2. The molecule has 1 saturated carbocycles. The first-order chi connectivity index (χ1) is 20.3. The van der Waals surface area contributed by atoms with Crippen LogP contribution in [0.1, 0.15) is 44.7 Å². The maximum absolute atomic E-state index is 16.5. The first-order valence-electron chi connectivity index (χ1n) is 13.2. The molecule has 5 aromatic rings. The van der Waals surface area contributed by atoms with Gasteiger partial charge in [0.15, 0.2) is 5.82 Å². The van der Waals surface area contributed by atoms with Gasteiger partial charge in [-0.1, -0.05) is 0 Å². The van der Waals surface area contributed by atoms with E-state index in [1.54, 1.807) is 43.7 Å². The minimum atomic E-state index is -0.696. The van der Waals surface area contributed by atoms with E-state index in [1.807, 2.05) is 6.07 Å². The van der Waals surface area contributed by atoms with Crippen molar-refractivity contribution in [2.75, 3.05) is 14.2 Å². The van der Waals surface area contributed by atoms with E-state index in [9.17, 15) is 14.0 Å². The average molecular weight is 569 g/mol.